The number of hydrogen-bond donors (Lipinski definition) is 1. The van der Waals surface area contributed by atoms with Crippen molar-refractivity contribution in [3.8, 4) is 11.5 Å². The van der Waals surface area contributed by atoms with E-state index in [1.165, 1.54) is 12.1 Å². The first-order valence-corrected chi connectivity index (χ1v) is 12.2. The van der Waals surface area contributed by atoms with Gasteiger partial charge in [-0.15, -0.1) is 0 Å². The molecule has 0 radical (unpaired) electrons. The van der Waals surface area contributed by atoms with E-state index in [4.69, 9.17) is 14.2 Å². The minimum atomic E-state index is -4.07. The van der Waals surface area contributed by atoms with Gasteiger partial charge < -0.3 is 14.2 Å². The first kappa shape index (κ1) is 22.8. The summed E-state index contributed by atoms with van der Waals surface area (Å²) in [7, 11) is -4.07. The third-order valence-corrected chi connectivity index (χ3v) is 6.75. The van der Waals surface area contributed by atoms with Crippen molar-refractivity contribution in [2.75, 3.05) is 19.8 Å². The maximum atomic E-state index is 13.4. The van der Waals surface area contributed by atoms with Crippen LogP contribution in [0.4, 0.5) is 0 Å². The third kappa shape index (κ3) is 5.35. The molecule has 0 aliphatic carbocycles. The normalized spacial score (nSPS) is 13.8. The Bertz CT molecular complexity index is 1230. The summed E-state index contributed by atoms with van der Waals surface area (Å²) >= 11 is 0. The number of fused-ring (bicyclic) bond motifs is 1. The second-order valence-corrected chi connectivity index (χ2v) is 9.17. The summed E-state index contributed by atoms with van der Waals surface area (Å²) in [4.78, 5) is 12.2. The van der Waals surface area contributed by atoms with Crippen molar-refractivity contribution >= 4 is 16.0 Å². The van der Waals surface area contributed by atoms with E-state index in [9.17, 15) is 13.2 Å². The summed E-state index contributed by atoms with van der Waals surface area (Å²) in [5.41, 5.74) is 1.67. The fraction of sp³-hybridized carbons (Fsp3) is 0.240. The van der Waals surface area contributed by atoms with E-state index in [1.54, 1.807) is 31.2 Å². The molecule has 0 saturated carbocycles. The highest BCUT2D eigenvalue weighted by atomic mass is 32.2. The minimum absolute atomic E-state index is 0.00696. The Labute approximate surface area is 193 Å². The molecule has 33 heavy (non-hydrogen) atoms. The second-order valence-electron chi connectivity index (χ2n) is 7.48. The smallest absolute Gasteiger partial charge is 0.339 e. The lowest BCUT2D eigenvalue weighted by atomic mass is 9.99. The second kappa shape index (κ2) is 10.1. The topological polar surface area (TPSA) is 90.9 Å². The molecule has 0 amide bonds. The molecule has 0 saturated heterocycles. The third-order valence-electron chi connectivity index (χ3n) is 5.22. The number of esters is 1. The van der Waals surface area contributed by atoms with Crippen molar-refractivity contribution in [1.82, 2.24) is 4.72 Å². The average molecular weight is 468 g/mol. The molecule has 0 bridgehead atoms. The van der Waals surface area contributed by atoms with Crippen LogP contribution in [-0.2, 0) is 21.2 Å². The molecule has 1 aliphatic heterocycles. The van der Waals surface area contributed by atoms with E-state index < -0.39 is 22.0 Å². The Hall–Kier alpha value is -3.36. The lowest BCUT2D eigenvalue weighted by molar-refractivity contribution is 0.0521. The van der Waals surface area contributed by atoms with Crippen molar-refractivity contribution < 1.29 is 27.4 Å². The maximum absolute atomic E-state index is 13.4. The van der Waals surface area contributed by atoms with Crippen LogP contribution in [0.5, 0.6) is 11.5 Å². The van der Waals surface area contributed by atoms with Crippen LogP contribution in [0.1, 0.15) is 34.5 Å². The van der Waals surface area contributed by atoms with Crippen LogP contribution in [0.25, 0.3) is 0 Å². The molecular formula is C25H25NO6S. The molecule has 3 aromatic carbocycles. The number of hydrogen-bond acceptors (Lipinski definition) is 6. The van der Waals surface area contributed by atoms with Gasteiger partial charge in [-0.3, -0.25) is 0 Å². The van der Waals surface area contributed by atoms with Gasteiger partial charge in [0.15, 0.2) is 11.5 Å². The minimum Gasteiger partial charge on any atom is -0.486 e. The molecule has 0 aromatic heterocycles. The van der Waals surface area contributed by atoms with Gasteiger partial charge in [-0.2, -0.15) is 0 Å². The van der Waals surface area contributed by atoms with Gasteiger partial charge in [-0.25, -0.2) is 17.9 Å². The van der Waals surface area contributed by atoms with Crippen LogP contribution in [0.2, 0.25) is 0 Å². The van der Waals surface area contributed by atoms with E-state index in [0.717, 1.165) is 11.1 Å². The van der Waals surface area contributed by atoms with Crippen LogP contribution in [0.3, 0.4) is 0 Å². The maximum Gasteiger partial charge on any atom is 0.339 e. The fourth-order valence-corrected chi connectivity index (χ4v) is 5.10. The summed E-state index contributed by atoms with van der Waals surface area (Å²) < 4.78 is 46.0. The van der Waals surface area contributed by atoms with Crippen LogP contribution in [-0.4, -0.2) is 34.2 Å². The standard InChI is InChI=1S/C25H25NO6S/c1-2-30-25(27)20-10-6-7-11-24(20)33(28,29)26-21(16-18-8-4-3-5-9-18)19-12-13-22-23(17-19)32-15-14-31-22/h3-13,17,21,26H,2,14-16H2,1H3. The van der Waals surface area contributed by atoms with Gasteiger partial charge in [0.05, 0.1) is 23.1 Å². The molecule has 172 valence electrons. The van der Waals surface area contributed by atoms with Crippen LogP contribution < -0.4 is 14.2 Å². The highest BCUT2D eigenvalue weighted by Gasteiger charge is 2.27. The van der Waals surface area contributed by atoms with E-state index in [2.05, 4.69) is 4.72 Å². The lowest BCUT2D eigenvalue weighted by Gasteiger charge is -2.23. The summed E-state index contributed by atoms with van der Waals surface area (Å²) in [6, 6.07) is 20.4. The number of carbonyl (C=O) groups excluding carboxylic acids is 1. The SMILES string of the molecule is CCOC(=O)c1ccccc1S(=O)(=O)NC(Cc1ccccc1)c1ccc2c(c1)OCCO2. The zero-order chi connectivity index (χ0) is 23.3. The summed E-state index contributed by atoms with van der Waals surface area (Å²) in [5.74, 6) is 0.513. The molecular weight excluding hydrogens is 442 g/mol. The van der Waals surface area contributed by atoms with Gasteiger partial charge in [0.25, 0.3) is 0 Å². The van der Waals surface area contributed by atoms with Crippen molar-refractivity contribution in [1.29, 1.82) is 0 Å². The molecule has 7 nitrogen and oxygen atoms in total. The van der Waals surface area contributed by atoms with Gasteiger partial charge in [-0.1, -0.05) is 48.5 Å². The Morgan fingerprint density at radius 1 is 0.970 bits per heavy atom. The molecule has 1 N–H and O–H groups in total. The number of ether oxygens (including phenoxy) is 3. The Kier molecular flexibility index (Phi) is 6.96. The number of nitrogens with one attached hydrogen (secondary N) is 1. The fourth-order valence-electron chi connectivity index (χ4n) is 3.68. The number of benzene rings is 3. The van der Waals surface area contributed by atoms with Crippen molar-refractivity contribution in [2.24, 2.45) is 0 Å². The lowest BCUT2D eigenvalue weighted by Crippen LogP contribution is -2.31. The van der Waals surface area contributed by atoms with Crippen LogP contribution >= 0.6 is 0 Å². The Balaban J connectivity index is 1.70. The highest BCUT2D eigenvalue weighted by molar-refractivity contribution is 7.89. The zero-order valence-corrected chi connectivity index (χ0v) is 19.0. The highest BCUT2D eigenvalue weighted by Crippen LogP contribution is 2.34. The van der Waals surface area contributed by atoms with E-state index in [0.29, 0.717) is 31.1 Å². The van der Waals surface area contributed by atoms with Crippen LogP contribution in [0, 0.1) is 0 Å². The molecule has 1 unspecified atom stereocenters. The van der Waals surface area contributed by atoms with E-state index in [1.807, 2.05) is 36.4 Å². The Morgan fingerprint density at radius 3 is 2.42 bits per heavy atom. The molecule has 1 heterocycles. The Morgan fingerprint density at radius 2 is 1.67 bits per heavy atom. The van der Waals surface area contributed by atoms with Gasteiger partial charge in [-0.05, 0) is 48.7 Å². The molecule has 1 atom stereocenters. The number of sulfonamides is 1. The molecule has 4 rings (SSSR count). The molecule has 0 fully saturated rings. The van der Waals surface area contributed by atoms with Crippen molar-refractivity contribution in [2.45, 2.75) is 24.3 Å². The van der Waals surface area contributed by atoms with E-state index in [-0.39, 0.29) is 17.1 Å². The predicted octanol–water partition coefficient (Wildman–Crippen LogP) is 3.90. The number of carbonyl (C=O) groups is 1. The van der Waals surface area contributed by atoms with E-state index >= 15 is 0 Å². The largest absolute Gasteiger partial charge is 0.486 e. The summed E-state index contributed by atoms with van der Waals surface area (Å²) in [6.07, 6.45) is 0.404. The van der Waals surface area contributed by atoms with Gasteiger partial charge >= 0.3 is 5.97 Å². The number of rotatable bonds is 8. The monoisotopic (exact) mass is 467 g/mol. The molecule has 1 aliphatic rings. The average Bonchev–Trinajstić information content (AvgIpc) is 2.84. The van der Waals surface area contributed by atoms with Gasteiger partial charge in [0, 0.05) is 0 Å². The summed E-state index contributed by atoms with van der Waals surface area (Å²) in [6.45, 7) is 2.72. The first-order valence-electron chi connectivity index (χ1n) is 10.7. The van der Waals surface area contributed by atoms with Crippen LogP contribution in [0.15, 0.2) is 77.7 Å². The molecule has 3 aromatic rings. The van der Waals surface area contributed by atoms with Gasteiger partial charge in [0.2, 0.25) is 10.0 Å². The zero-order valence-electron chi connectivity index (χ0n) is 18.2. The van der Waals surface area contributed by atoms with Crippen molar-refractivity contribution in [3.05, 3.63) is 89.5 Å². The van der Waals surface area contributed by atoms with Crippen molar-refractivity contribution in [3.63, 3.8) is 0 Å². The molecule has 0 spiro atoms. The quantitative estimate of drug-likeness (QED) is 0.506. The first-order chi connectivity index (χ1) is 16.0. The predicted molar refractivity (Wildman–Crippen MR) is 123 cm³/mol. The summed E-state index contributed by atoms with van der Waals surface area (Å²) in [5, 5.41) is 0. The molecule has 8 heteroatoms. The van der Waals surface area contributed by atoms with Gasteiger partial charge in [0.1, 0.15) is 13.2 Å².